The molecule has 0 amide bonds. The Morgan fingerprint density at radius 1 is 1.32 bits per heavy atom. The van der Waals surface area contributed by atoms with Gasteiger partial charge in [-0.05, 0) is 25.1 Å². The van der Waals surface area contributed by atoms with Gasteiger partial charge in [-0.25, -0.2) is 4.98 Å². The van der Waals surface area contributed by atoms with Crippen molar-refractivity contribution in [3.63, 3.8) is 0 Å². The molecule has 0 saturated carbocycles. The molecule has 0 aliphatic heterocycles. The van der Waals surface area contributed by atoms with Gasteiger partial charge in [0, 0.05) is 21.0 Å². The third-order valence-corrected chi connectivity index (χ3v) is 3.67. The largest absolute Gasteiger partial charge is 0.466 e. The Morgan fingerprint density at radius 3 is 2.63 bits per heavy atom. The first-order valence-corrected chi connectivity index (χ1v) is 7.28. The van der Waals surface area contributed by atoms with E-state index in [0.29, 0.717) is 22.3 Å². The molecule has 0 aliphatic carbocycles. The highest BCUT2D eigenvalue weighted by atomic mass is 35.5. The van der Waals surface area contributed by atoms with Gasteiger partial charge in [0.15, 0.2) is 0 Å². The lowest BCUT2D eigenvalue weighted by Crippen LogP contribution is -2.07. The van der Waals surface area contributed by atoms with Crippen LogP contribution < -0.4 is 0 Å². The number of hydrogen-bond donors (Lipinski definition) is 0. The van der Waals surface area contributed by atoms with E-state index in [9.17, 15) is 4.79 Å². The highest BCUT2D eigenvalue weighted by Crippen LogP contribution is 2.29. The summed E-state index contributed by atoms with van der Waals surface area (Å²) in [5.41, 5.74) is 1.53. The topological polar surface area (TPSA) is 39.2 Å². The number of carbonyl (C=O) groups is 1. The fourth-order valence-corrected chi connectivity index (χ4v) is 2.89. The monoisotopic (exact) mass is 315 g/mol. The van der Waals surface area contributed by atoms with Gasteiger partial charge in [0.25, 0.3) is 0 Å². The van der Waals surface area contributed by atoms with Crippen molar-refractivity contribution in [1.29, 1.82) is 0 Å². The van der Waals surface area contributed by atoms with Crippen LogP contribution in [0.2, 0.25) is 10.0 Å². The molecule has 0 spiro atoms. The SMILES string of the molecule is CCOC(=O)Cc1csc(-c2cc(Cl)cc(Cl)c2)n1. The van der Waals surface area contributed by atoms with Crippen molar-refractivity contribution in [3.8, 4) is 10.6 Å². The standard InChI is InChI=1S/C13H11Cl2NO2S/c1-2-18-12(17)6-11-7-19-13(16-11)8-3-9(14)5-10(15)4-8/h3-5,7H,2,6H2,1H3. The van der Waals surface area contributed by atoms with Crippen LogP contribution in [0.25, 0.3) is 10.6 Å². The molecule has 0 atom stereocenters. The Labute approximate surface area is 125 Å². The fourth-order valence-electron chi connectivity index (χ4n) is 1.56. The van der Waals surface area contributed by atoms with E-state index < -0.39 is 0 Å². The molecule has 1 aromatic heterocycles. The highest BCUT2D eigenvalue weighted by Gasteiger charge is 2.10. The zero-order valence-electron chi connectivity index (χ0n) is 10.2. The van der Waals surface area contributed by atoms with E-state index in [1.165, 1.54) is 11.3 Å². The van der Waals surface area contributed by atoms with Gasteiger partial charge in [0.2, 0.25) is 0 Å². The molecule has 19 heavy (non-hydrogen) atoms. The minimum Gasteiger partial charge on any atom is -0.466 e. The molecule has 0 radical (unpaired) electrons. The summed E-state index contributed by atoms with van der Waals surface area (Å²) in [6.45, 7) is 2.15. The van der Waals surface area contributed by atoms with Crippen LogP contribution in [0.15, 0.2) is 23.6 Å². The average Bonchev–Trinajstić information content (AvgIpc) is 2.76. The molecule has 100 valence electrons. The maximum absolute atomic E-state index is 11.4. The van der Waals surface area contributed by atoms with Gasteiger partial charge in [-0.3, -0.25) is 4.79 Å². The van der Waals surface area contributed by atoms with E-state index in [0.717, 1.165) is 10.6 Å². The van der Waals surface area contributed by atoms with E-state index in [-0.39, 0.29) is 12.4 Å². The number of thiazole rings is 1. The van der Waals surface area contributed by atoms with Gasteiger partial charge < -0.3 is 4.74 Å². The molecule has 0 fully saturated rings. The third kappa shape index (κ3) is 3.93. The summed E-state index contributed by atoms with van der Waals surface area (Å²) in [7, 11) is 0. The number of nitrogens with zero attached hydrogens (tertiary/aromatic N) is 1. The molecule has 0 bridgehead atoms. The van der Waals surface area contributed by atoms with Crippen LogP contribution in [0.3, 0.4) is 0 Å². The fraction of sp³-hybridized carbons (Fsp3) is 0.231. The summed E-state index contributed by atoms with van der Waals surface area (Å²) in [6, 6.07) is 5.25. The molecule has 2 aromatic rings. The predicted molar refractivity (Wildman–Crippen MR) is 77.9 cm³/mol. The number of carbonyl (C=O) groups excluding carboxylic acids is 1. The van der Waals surface area contributed by atoms with Crippen molar-refractivity contribution in [2.75, 3.05) is 6.61 Å². The number of benzene rings is 1. The van der Waals surface area contributed by atoms with Crippen LogP contribution in [0, 0.1) is 0 Å². The van der Waals surface area contributed by atoms with Crippen molar-refractivity contribution in [2.45, 2.75) is 13.3 Å². The number of ether oxygens (including phenoxy) is 1. The number of esters is 1. The zero-order chi connectivity index (χ0) is 13.8. The zero-order valence-corrected chi connectivity index (χ0v) is 12.5. The van der Waals surface area contributed by atoms with Crippen LogP contribution in [0.1, 0.15) is 12.6 Å². The summed E-state index contributed by atoms with van der Waals surface area (Å²) in [5, 5.41) is 3.74. The summed E-state index contributed by atoms with van der Waals surface area (Å²) < 4.78 is 4.88. The van der Waals surface area contributed by atoms with E-state index >= 15 is 0 Å². The minimum absolute atomic E-state index is 0.179. The Kier molecular flexibility index (Phi) is 4.80. The second-order valence-electron chi connectivity index (χ2n) is 3.78. The highest BCUT2D eigenvalue weighted by molar-refractivity contribution is 7.13. The lowest BCUT2D eigenvalue weighted by molar-refractivity contribution is -0.142. The van der Waals surface area contributed by atoms with Crippen molar-refractivity contribution in [3.05, 3.63) is 39.3 Å². The van der Waals surface area contributed by atoms with Crippen molar-refractivity contribution in [2.24, 2.45) is 0 Å². The molecule has 6 heteroatoms. The molecular weight excluding hydrogens is 305 g/mol. The first-order chi connectivity index (χ1) is 9.08. The molecule has 0 aliphatic rings. The minimum atomic E-state index is -0.275. The summed E-state index contributed by atoms with van der Waals surface area (Å²) in [6.07, 6.45) is 0.179. The number of rotatable bonds is 4. The average molecular weight is 316 g/mol. The first kappa shape index (κ1) is 14.3. The van der Waals surface area contributed by atoms with Gasteiger partial charge in [0.1, 0.15) is 5.01 Å². The van der Waals surface area contributed by atoms with Gasteiger partial charge >= 0.3 is 5.97 Å². The van der Waals surface area contributed by atoms with E-state index in [2.05, 4.69) is 4.98 Å². The second-order valence-corrected chi connectivity index (χ2v) is 5.51. The second kappa shape index (κ2) is 6.37. The molecule has 2 rings (SSSR count). The lowest BCUT2D eigenvalue weighted by Gasteiger charge is -2.00. The Hall–Kier alpha value is -1.10. The lowest BCUT2D eigenvalue weighted by atomic mass is 10.2. The van der Waals surface area contributed by atoms with Gasteiger partial charge in [0.05, 0.1) is 18.7 Å². The van der Waals surface area contributed by atoms with Gasteiger partial charge in [-0.2, -0.15) is 0 Å². The van der Waals surface area contributed by atoms with Crippen LogP contribution in [0.5, 0.6) is 0 Å². The van der Waals surface area contributed by atoms with Crippen molar-refractivity contribution < 1.29 is 9.53 Å². The molecule has 1 heterocycles. The number of halogens is 2. The normalized spacial score (nSPS) is 10.5. The van der Waals surface area contributed by atoms with Crippen LogP contribution >= 0.6 is 34.5 Å². The Bertz CT molecular complexity index is 578. The van der Waals surface area contributed by atoms with Crippen molar-refractivity contribution in [1.82, 2.24) is 4.98 Å². The third-order valence-electron chi connectivity index (χ3n) is 2.29. The van der Waals surface area contributed by atoms with Crippen molar-refractivity contribution >= 4 is 40.5 Å². The van der Waals surface area contributed by atoms with E-state index in [1.807, 2.05) is 5.38 Å². The Balaban J connectivity index is 2.18. The van der Waals surface area contributed by atoms with E-state index in [4.69, 9.17) is 27.9 Å². The summed E-state index contributed by atoms with van der Waals surface area (Å²) in [4.78, 5) is 15.8. The quantitative estimate of drug-likeness (QED) is 0.793. The molecule has 0 N–H and O–H groups in total. The first-order valence-electron chi connectivity index (χ1n) is 5.65. The van der Waals surface area contributed by atoms with Crippen LogP contribution in [-0.4, -0.2) is 17.6 Å². The van der Waals surface area contributed by atoms with Crippen LogP contribution in [-0.2, 0) is 16.0 Å². The molecule has 3 nitrogen and oxygen atoms in total. The molecular formula is C13H11Cl2NO2S. The predicted octanol–water partition coefficient (Wildman–Crippen LogP) is 4.22. The molecule has 0 unspecified atom stereocenters. The Morgan fingerprint density at radius 2 is 2.00 bits per heavy atom. The summed E-state index contributed by atoms with van der Waals surface area (Å²) >= 11 is 13.3. The smallest absolute Gasteiger partial charge is 0.311 e. The number of hydrogen-bond acceptors (Lipinski definition) is 4. The number of aromatic nitrogens is 1. The summed E-state index contributed by atoms with van der Waals surface area (Å²) in [5.74, 6) is -0.275. The van der Waals surface area contributed by atoms with Gasteiger partial charge in [-0.15, -0.1) is 11.3 Å². The van der Waals surface area contributed by atoms with Gasteiger partial charge in [-0.1, -0.05) is 23.2 Å². The maximum atomic E-state index is 11.4. The molecule has 1 aromatic carbocycles. The van der Waals surface area contributed by atoms with Crippen LogP contribution in [0.4, 0.5) is 0 Å². The van der Waals surface area contributed by atoms with E-state index in [1.54, 1.807) is 25.1 Å². The maximum Gasteiger partial charge on any atom is 0.311 e. The molecule has 0 saturated heterocycles.